The van der Waals surface area contributed by atoms with Gasteiger partial charge in [-0.15, -0.1) is 0 Å². The van der Waals surface area contributed by atoms with Gasteiger partial charge in [0.2, 0.25) is 0 Å². The minimum absolute atomic E-state index is 0.189. The predicted octanol–water partition coefficient (Wildman–Crippen LogP) is 1.21. The van der Waals surface area contributed by atoms with Gasteiger partial charge in [-0.05, 0) is 27.7 Å². The maximum Gasteiger partial charge on any atom is 0.320 e. The molecular formula is C12H23NO4. The van der Waals surface area contributed by atoms with Crippen LogP contribution in [0.1, 0.15) is 34.1 Å². The van der Waals surface area contributed by atoms with Gasteiger partial charge < -0.3 is 9.47 Å². The Morgan fingerprint density at radius 2 is 1.59 bits per heavy atom. The van der Waals surface area contributed by atoms with E-state index in [1.807, 2.05) is 18.7 Å². The van der Waals surface area contributed by atoms with Gasteiger partial charge in [0, 0.05) is 12.6 Å². The molecule has 0 aromatic carbocycles. The second-order valence-corrected chi connectivity index (χ2v) is 3.92. The van der Waals surface area contributed by atoms with Crippen LogP contribution in [0.4, 0.5) is 0 Å². The van der Waals surface area contributed by atoms with Crippen molar-refractivity contribution in [2.75, 3.05) is 26.3 Å². The van der Waals surface area contributed by atoms with Crippen LogP contribution in [0.3, 0.4) is 0 Å². The molecule has 0 radical (unpaired) electrons. The molecule has 0 N–H and O–H groups in total. The predicted molar refractivity (Wildman–Crippen MR) is 64.6 cm³/mol. The van der Waals surface area contributed by atoms with E-state index in [9.17, 15) is 9.59 Å². The van der Waals surface area contributed by atoms with Gasteiger partial charge >= 0.3 is 11.9 Å². The number of hydrogen-bond donors (Lipinski definition) is 0. The molecule has 0 aromatic heterocycles. The van der Waals surface area contributed by atoms with Gasteiger partial charge in [0.25, 0.3) is 0 Å². The van der Waals surface area contributed by atoms with Crippen LogP contribution in [-0.2, 0) is 19.1 Å². The smallest absolute Gasteiger partial charge is 0.320 e. The van der Waals surface area contributed by atoms with Gasteiger partial charge in [0.1, 0.15) is 0 Å². The van der Waals surface area contributed by atoms with E-state index in [2.05, 4.69) is 0 Å². The molecule has 0 saturated carbocycles. The highest BCUT2D eigenvalue weighted by Crippen LogP contribution is 2.01. The summed E-state index contributed by atoms with van der Waals surface area (Å²) < 4.78 is 9.72. The fourth-order valence-electron chi connectivity index (χ4n) is 1.36. The lowest BCUT2D eigenvalue weighted by Crippen LogP contribution is -2.38. The first kappa shape index (κ1) is 15.9. The minimum atomic E-state index is -0.259. The van der Waals surface area contributed by atoms with Crippen LogP contribution in [0.5, 0.6) is 0 Å². The molecule has 0 aromatic rings. The lowest BCUT2D eigenvalue weighted by atomic mass is 10.3. The molecule has 5 nitrogen and oxygen atoms in total. The van der Waals surface area contributed by atoms with Crippen molar-refractivity contribution in [3.63, 3.8) is 0 Å². The minimum Gasteiger partial charge on any atom is -0.466 e. The summed E-state index contributed by atoms with van der Waals surface area (Å²) in [5, 5.41) is 0. The standard InChI is InChI=1S/C12H23NO4/c1-5-16-11(14)7-8-13(10(3)4)9-12(15)17-6-2/h10H,5-9H2,1-4H3. The van der Waals surface area contributed by atoms with Crippen LogP contribution >= 0.6 is 0 Å². The van der Waals surface area contributed by atoms with Crippen molar-refractivity contribution in [3.05, 3.63) is 0 Å². The Hall–Kier alpha value is -1.10. The van der Waals surface area contributed by atoms with Crippen molar-refractivity contribution in [3.8, 4) is 0 Å². The molecule has 0 atom stereocenters. The average molecular weight is 245 g/mol. The molecule has 5 heteroatoms. The van der Waals surface area contributed by atoms with E-state index in [1.54, 1.807) is 13.8 Å². The highest BCUT2D eigenvalue weighted by atomic mass is 16.5. The highest BCUT2D eigenvalue weighted by molar-refractivity contribution is 5.72. The van der Waals surface area contributed by atoms with Crippen LogP contribution in [0, 0.1) is 0 Å². The van der Waals surface area contributed by atoms with Gasteiger partial charge in [0.05, 0.1) is 26.2 Å². The normalized spacial score (nSPS) is 10.7. The molecule has 100 valence electrons. The molecular weight excluding hydrogens is 222 g/mol. The van der Waals surface area contributed by atoms with Gasteiger partial charge in [-0.3, -0.25) is 14.5 Å². The van der Waals surface area contributed by atoms with E-state index in [0.29, 0.717) is 26.2 Å². The van der Waals surface area contributed by atoms with Gasteiger partial charge in [-0.25, -0.2) is 0 Å². The number of hydrogen-bond acceptors (Lipinski definition) is 5. The monoisotopic (exact) mass is 245 g/mol. The summed E-state index contributed by atoms with van der Waals surface area (Å²) in [6.07, 6.45) is 0.297. The van der Waals surface area contributed by atoms with Crippen molar-refractivity contribution >= 4 is 11.9 Å². The number of carbonyl (C=O) groups excluding carboxylic acids is 2. The molecule has 17 heavy (non-hydrogen) atoms. The van der Waals surface area contributed by atoms with Crippen LogP contribution in [0.15, 0.2) is 0 Å². The first-order valence-electron chi connectivity index (χ1n) is 6.06. The molecule has 0 aliphatic heterocycles. The second-order valence-electron chi connectivity index (χ2n) is 3.92. The Kier molecular flexibility index (Phi) is 8.40. The van der Waals surface area contributed by atoms with Gasteiger partial charge in [-0.2, -0.15) is 0 Å². The fourth-order valence-corrected chi connectivity index (χ4v) is 1.36. The van der Waals surface area contributed by atoms with Crippen molar-refractivity contribution < 1.29 is 19.1 Å². The Morgan fingerprint density at radius 3 is 2.06 bits per heavy atom. The van der Waals surface area contributed by atoms with E-state index >= 15 is 0 Å². The van der Waals surface area contributed by atoms with E-state index in [1.165, 1.54) is 0 Å². The Labute approximate surface area is 103 Å². The molecule has 0 rings (SSSR count). The summed E-state index contributed by atoms with van der Waals surface area (Å²) >= 11 is 0. The first-order chi connectivity index (χ1) is 8.01. The van der Waals surface area contributed by atoms with E-state index in [0.717, 1.165) is 0 Å². The van der Waals surface area contributed by atoms with Crippen LogP contribution < -0.4 is 0 Å². The fraction of sp³-hybridized carbons (Fsp3) is 0.833. The second kappa shape index (κ2) is 8.98. The molecule has 0 fully saturated rings. The lowest BCUT2D eigenvalue weighted by molar-refractivity contribution is -0.147. The summed E-state index contributed by atoms with van der Waals surface area (Å²) in [6.45, 7) is 8.99. The van der Waals surface area contributed by atoms with Crippen LogP contribution in [-0.4, -0.2) is 49.2 Å². The molecule has 0 bridgehead atoms. The summed E-state index contributed by atoms with van der Waals surface area (Å²) in [5.74, 6) is -0.493. The Bertz CT molecular complexity index is 241. The van der Waals surface area contributed by atoms with E-state index in [4.69, 9.17) is 9.47 Å². The van der Waals surface area contributed by atoms with E-state index < -0.39 is 0 Å². The zero-order valence-corrected chi connectivity index (χ0v) is 11.2. The summed E-state index contributed by atoms with van der Waals surface area (Å²) in [5.41, 5.74) is 0. The van der Waals surface area contributed by atoms with Crippen molar-refractivity contribution in [1.29, 1.82) is 0 Å². The van der Waals surface area contributed by atoms with Gasteiger partial charge in [-0.1, -0.05) is 0 Å². The van der Waals surface area contributed by atoms with Gasteiger partial charge in [0.15, 0.2) is 0 Å². The van der Waals surface area contributed by atoms with Crippen molar-refractivity contribution in [2.24, 2.45) is 0 Å². The third kappa shape index (κ3) is 7.74. The Balaban J connectivity index is 4.07. The SMILES string of the molecule is CCOC(=O)CCN(CC(=O)OCC)C(C)C. The molecule has 0 unspecified atom stereocenters. The Morgan fingerprint density at radius 1 is 1.06 bits per heavy atom. The molecule has 0 saturated heterocycles. The third-order valence-corrected chi connectivity index (χ3v) is 2.28. The topological polar surface area (TPSA) is 55.8 Å². The first-order valence-corrected chi connectivity index (χ1v) is 6.06. The zero-order chi connectivity index (χ0) is 13.3. The molecule has 0 aliphatic rings. The molecule has 0 aliphatic carbocycles. The number of esters is 2. The number of ether oxygens (including phenoxy) is 2. The lowest BCUT2D eigenvalue weighted by Gasteiger charge is -2.24. The van der Waals surface area contributed by atoms with Crippen molar-refractivity contribution in [2.45, 2.75) is 40.2 Å². The maximum atomic E-state index is 11.3. The average Bonchev–Trinajstić information content (AvgIpc) is 2.24. The number of nitrogens with zero attached hydrogens (tertiary/aromatic N) is 1. The van der Waals surface area contributed by atoms with Crippen LogP contribution in [0.25, 0.3) is 0 Å². The third-order valence-electron chi connectivity index (χ3n) is 2.28. The molecule has 0 heterocycles. The summed E-state index contributed by atoms with van der Waals surface area (Å²) in [6, 6.07) is 0.189. The van der Waals surface area contributed by atoms with E-state index in [-0.39, 0.29) is 24.5 Å². The number of carbonyl (C=O) groups is 2. The van der Waals surface area contributed by atoms with Crippen molar-refractivity contribution in [1.82, 2.24) is 4.90 Å². The molecule has 0 amide bonds. The van der Waals surface area contributed by atoms with Crippen LogP contribution in [0.2, 0.25) is 0 Å². The maximum absolute atomic E-state index is 11.3. The molecule has 0 spiro atoms. The largest absolute Gasteiger partial charge is 0.466 e. The summed E-state index contributed by atoms with van der Waals surface area (Å²) in [7, 11) is 0. The highest BCUT2D eigenvalue weighted by Gasteiger charge is 2.16. The quantitative estimate of drug-likeness (QED) is 0.602. The summed E-state index contributed by atoms with van der Waals surface area (Å²) in [4.78, 5) is 24.5. The zero-order valence-electron chi connectivity index (χ0n) is 11.2. The number of rotatable bonds is 8.